The van der Waals surface area contributed by atoms with Crippen LogP contribution in [0.4, 0.5) is 0 Å². The fourth-order valence-corrected chi connectivity index (χ4v) is 3.85. The van der Waals surface area contributed by atoms with E-state index in [0.717, 1.165) is 18.4 Å². The Bertz CT molecular complexity index is 769. The van der Waals surface area contributed by atoms with Crippen molar-refractivity contribution in [1.82, 2.24) is 20.4 Å². The number of hydrogen-bond donors (Lipinski definition) is 1. The van der Waals surface area contributed by atoms with Crippen LogP contribution in [0.25, 0.3) is 11.5 Å². The molecule has 2 saturated heterocycles. The third-order valence-corrected chi connectivity index (χ3v) is 5.25. The highest BCUT2D eigenvalue weighted by Crippen LogP contribution is 2.30. The summed E-state index contributed by atoms with van der Waals surface area (Å²) in [6.45, 7) is 0. The molecule has 1 aromatic carbocycles. The lowest BCUT2D eigenvalue weighted by Gasteiger charge is -2.34. The fraction of sp³-hybridized carbons (Fsp3) is 0.500. The second-order valence-corrected chi connectivity index (χ2v) is 6.83. The van der Waals surface area contributed by atoms with Crippen LogP contribution in [-0.2, 0) is 0 Å². The lowest BCUT2D eigenvalue weighted by Crippen LogP contribution is -2.48. The van der Waals surface area contributed by atoms with Crippen molar-refractivity contribution in [2.45, 2.75) is 43.8 Å². The maximum Gasteiger partial charge on any atom is 0.295 e. The molecule has 0 saturated carbocycles. The number of amides is 1. The number of hydrogen-bond acceptors (Lipinski definition) is 6. The van der Waals surface area contributed by atoms with Crippen molar-refractivity contribution in [3.63, 3.8) is 0 Å². The Balaban J connectivity index is 0.00000196. The zero-order valence-corrected chi connectivity index (χ0v) is 15.7. The molecule has 140 valence electrons. The first-order chi connectivity index (χ1) is 12.1. The van der Waals surface area contributed by atoms with Crippen LogP contribution in [0.5, 0.6) is 5.75 Å². The zero-order chi connectivity index (χ0) is 17.4. The summed E-state index contributed by atoms with van der Waals surface area (Å²) < 4.78 is 10.5. The van der Waals surface area contributed by atoms with Gasteiger partial charge in [-0.3, -0.25) is 4.79 Å². The van der Waals surface area contributed by atoms with Gasteiger partial charge in [0.25, 0.3) is 17.6 Å². The average molecular weight is 379 g/mol. The van der Waals surface area contributed by atoms with Gasteiger partial charge in [-0.25, -0.2) is 0 Å². The number of rotatable bonds is 4. The molecule has 2 unspecified atom stereocenters. The van der Waals surface area contributed by atoms with E-state index in [0.29, 0.717) is 23.7 Å². The molecule has 1 amide bonds. The van der Waals surface area contributed by atoms with Crippen molar-refractivity contribution < 1.29 is 14.1 Å². The molecule has 26 heavy (non-hydrogen) atoms. The van der Waals surface area contributed by atoms with Crippen molar-refractivity contribution in [1.29, 1.82) is 0 Å². The Hall–Kier alpha value is -2.12. The standard InChI is InChI=1S/C18H22N4O3.ClH/c1-22(14-9-12-6-7-13(10-14)19-12)18(23)16-20-17(25-21-16)11-4-3-5-15(8-11)24-2;/h3-5,8,12-14,19H,6-7,9-10H2,1-2H3;1H. The number of piperidine rings is 1. The van der Waals surface area contributed by atoms with Crippen LogP contribution in [0, 0.1) is 0 Å². The van der Waals surface area contributed by atoms with Crippen LogP contribution in [0.3, 0.4) is 0 Å². The molecule has 2 aromatic rings. The molecule has 0 spiro atoms. The lowest BCUT2D eigenvalue weighted by molar-refractivity contribution is 0.0666. The largest absolute Gasteiger partial charge is 0.497 e. The molecule has 1 N–H and O–H groups in total. The molecule has 7 nitrogen and oxygen atoms in total. The minimum Gasteiger partial charge on any atom is -0.497 e. The Kier molecular flexibility index (Phi) is 5.48. The van der Waals surface area contributed by atoms with Crippen molar-refractivity contribution in [2.75, 3.05) is 14.2 Å². The number of aromatic nitrogens is 2. The number of ether oxygens (including phenoxy) is 1. The van der Waals surface area contributed by atoms with Crippen LogP contribution < -0.4 is 10.1 Å². The van der Waals surface area contributed by atoms with Crippen molar-refractivity contribution >= 4 is 18.3 Å². The third-order valence-electron chi connectivity index (χ3n) is 5.25. The summed E-state index contributed by atoms with van der Waals surface area (Å²) >= 11 is 0. The molecule has 8 heteroatoms. The van der Waals surface area contributed by atoms with Crippen LogP contribution >= 0.6 is 12.4 Å². The SMILES string of the molecule is COc1cccc(-c2nc(C(=O)N(C)C3CC4CCC(C3)N4)no2)c1.Cl. The van der Waals surface area contributed by atoms with Crippen molar-refractivity contribution in [3.05, 3.63) is 30.1 Å². The third kappa shape index (κ3) is 3.54. The summed E-state index contributed by atoms with van der Waals surface area (Å²) in [6, 6.07) is 8.61. The van der Waals surface area contributed by atoms with Gasteiger partial charge in [0.2, 0.25) is 0 Å². The van der Waals surface area contributed by atoms with Crippen LogP contribution in [0.15, 0.2) is 28.8 Å². The van der Waals surface area contributed by atoms with Gasteiger partial charge >= 0.3 is 0 Å². The first kappa shape index (κ1) is 18.7. The summed E-state index contributed by atoms with van der Waals surface area (Å²) in [5, 5.41) is 7.47. The van der Waals surface area contributed by atoms with Crippen molar-refractivity contribution in [3.8, 4) is 17.2 Å². The second kappa shape index (κ2) is 7.63. The molecule has 4 rings (SSSR count). The molecule has 3 heterocycles. The Labute approximate surface area is 158 Å². The maximum atomic E-state index is 12.7. The van der Waals surface area contributed by atoms with E-state index in [9.17, 15) is 4.79 Å². The van der Waals surface area contributed by atoms with E-state index >= 15 is 0 Å². The predicted octanol–water partition coefficient (Wildman–Crippen LogP) is 2.52. The number of nitrogens with one attached hydrogen (secondary N) is 1. The van der Waals surface area contributed by atoms with Crippen LogP contribution in [0.1, 0.15) is 36.3 Å². The van der Waals surface area contributed by atoms with E-state index in [1.54, 1.807) is 18.1 Å². The highest BCUT2D eigenvalue weighted by Gasteiger charge is 2.37. The zero-order valence-electron chi connectivity index (χ0n) is 14.8. The molecule has 2 bridgehead atoms. The Morgan fingerprint density at radius 3 is 2.73 bits per heavy atom. The molecular weight excluding hydrogens is 356 g/mol. The normalized spacial score (nSPS) is 24.0. The molecule has 2 fully saturated rings. The maximum absolute atomic E-state index is 12.7. The highest BCUT2D eigenvalue weighted by molar-refractivity contribution is 5.90. The van der Waals surface area contributed by atoms with Gasteiger partial charge in [0.1, 0.15) is 5.75 Å². The van der Waals surface area contributed by atoms with Gasteiger partial charge in [-0.1, -0.05) is 11.2 Å². The van der Waals surface area contributed by atoms with Gasteiger partial charge in [0, 0.05) is 30.7 Å². The number of benzene rings is 1. The molecular formula is C18H23ClN4O3. The van der Waals surface area contributed by atoms with E-state index in [4.69, 9.17) is 9.26 Å². The molecule has 1 aromatic heterocycles. The Morgan fingerprint density at radius 1 is 1.31 bits per heavy atom. The first-order valence-electron chi connectivity index (χ1n) is 8.65. The van der Waals surface area contributed by atoms with E-state index in [1.165, 1.54) is 12.8 Å². The van der Waals surface area contributed by atoms with Gasteiger partial charge in [-0.15, -0.1) is 12.4 Å². The van der Waals surface area contributed by atoms with E-state index in [-0.39, 0.29) is 30.2 Å². The number of nitrogens with zero attached hydrogens (tertiary/aromatic N) is 3. The van der Waals surface area contributed by atoms with Crippen molar-refractivity contribution in [2.24, 2.45) is 0 Å². The average Bonchev–Trinajstić information content (AvgIpc) is 3.27. The van der Waals surface area contributed by atoms with E-state index < -0.39 is 0 Å². The topological polar surface area (TPSA) is 80.5 Å². The minimum absolute atomic E-state index is 0. The molecule has 2 aliphatic rings. The van der Waals surface area contributed by atoms with Gasteiger partial charge < -0.3 is 19.5 Å². The van der Waals surface area contributed by atoms with Gasteiger partial charge in [0.15, 0.2) is 0 Å². The quantitative estimate of drug-likeness (QED) is 0.880. The van der Waals surface area contributed by atoms with Gasteiger partial charge in [0.05, 0.1) is 7.11 Å². The monoisotopic (exact) mass is 378 g/mol. The van der Waals surface area contributed by atoms with E-state index in [2.05, 4.69) is 15.5 Å². The summed E-state index contributed by atoms with van der Waals surface area (Å²) in [5.41, 5.74) is 0.730. The second-order valence-electron chi connectivity index (χ2n) is 6.83. The summed E-state index contributed by atoms with van der Waals surface area (Å²) in [4.78, 5) is 18.8. The highest BCUT2D eigenvalue weighted by atomic mass is 35.5. The Morgan fingerprint density at radius 2 is 2.04 bits per heavy atom. The molecule has 2 atom stereocenters. The summed E-state index contributed by atoms with van der Waals surface area (Å²) in [7, 11) is 3.43. The fourth-order valence-electron chi connectivity index (χ4n) is 3.85. The predicted molar refractivity (Wildman–Crippen MR) is 98.6 cm³/mol. The number of carbonyl (C=O) groups is 1. The first-order valence-corrected chi connectivity index (χ1v) is 8.65. The van der Waals surface area contributed by atoms with Gasteiger partial charge in [-0.05, 0) is 43.9 Å². The molecule has 0 radical (unpaired) electrons. The number of fused-ring (bicyclic) bond motifs is 2. The van der Waals surface area contributed by atoms with Crippen LogP contribution in [-0.4, -0.2) is 53.2 Å². The summed E-state index contributed by atoms with van der Waals surface area (Å²) in [6.07, 6.45) is 4.37. The lowest BCUT2D eigenvalue weighted by atomic mass is 9.98. The van der Waals surface area contributed by atoms with Gasteiger partial charge in [-0.2, -0.15) is 4.98 Å². The molecule has 0 aliphatic carbocycles. The number of carbonyl (C=O) groups excluding carboxylic acids is 1. The number of halogens is 1. The smallest absolute Gasteiger partial charge is 0.295 e. The summed E-state index contributed by atoms with van der Waals surface area (Å²) in [5.74, 6) is 0.933. The minimum atomic E-state index is -0.191. The van der Waals surface area contributed by atoms with E-state index in [1.807, 2.05) is 25.2 Å². The van der Waals surface area contributed by atoms with Crippen LogP contribution in [0.2, 0.25) is 0 Å². The molecule has 2 aliphatic heterocycles. The number of methoxy groups -OCH3 is 1.